The first kappa shape index (κ1) is 13.3. The van der Waals surface area contributed by atoms with Gasteiger partial charge < -0.3 is 5.32 Å². The van der Waals surface area contributed by atoms with Gasteiger partial charge in [0.2, 0.25) is 5.91 Å². The van der Waals surface area contributed by atoms with E-state index in [0.29, 0.717) is 0 Å². The van der Waals surface area contributed by atoms with Crippen LogP contribution < -0.4 is 5.32 Å². The fourth-order valence-electron chi connectivity index (χ4n) is 1.97. The first-order chi connectivity index (χ1) is 9.20. The molecule has 0 unspecified atom stereocenters. The Kier molecular flexibility index (Phi) is 4.35. The van der Waals surface area contributed by atoms with Crippen LogP contribution in [0.25, 0.3) is 0 Å². The number of amides is 1. The Morgan fingerprint density at radius 3 is 2.26 bits per heavy atom. The fourth-order valence-corrected chi connectivity index (χ4v) is 1.97. The van der Waals surface area contributed by atoms with Gasteiger partial charge >= 0.3 is 0 Å². The van der Waals surface area contributed by atoms with Gasteiger partial charge in [0.25, 0.3) is 0 Å². The Balaban J connectivity index is 2.04. The molecule has 2 rings (SSSR count). The van der Waals surface area contributed by atoms with Gasteiger partial charge in [0.1, 0.15) is 0 Å². The molecule has 1 amide bonds. The highest BCUT2D eigenvalue weighted by Crippen LogP contribution is 2.18. The van der Waals surface area contributed by atoms with Gasteiger partial charge in [-0.15, -0.1) is 0 Å². The maximum Gasteiger partial charge on any atom is 0.231 e. The van der Waals surface area contributed by atoms with Gasteiger partial charge in [-0.25, -0.2) is 0 Å². The van der Waals surface area contributed by atoms with E-state index in [2.05, 4.69) is 12.2 Å². The second-order valence-corrected chi connectivity index (χ2v) is 4.67. The highest BCUT2D eigenvalue weighted by atomic mass is 16.1. The van der Waals surface area contributed by atoms with Crippen molar-refractivity contribution in [2.24, 2.45) is 0 Å². The Hall–Kier alpha value is -2.09. The Morgan fingerprint density at radius 1 is 1.05 bits per heavy atom. The molecule has 1 atom stereocenters. The molecule has 98 valence electrons. The van der Waals surface area contributed by atoms with E-state index in [1.807, 2.05) is 61.5 Å². The molecular formula is C17H19NO. The summed E-state index contributed by atoms with van der Waals surface area (Å²) in [5.41, 5.74) is 3.16. The third-order valence-electron chi connectivity index (χ3n) is 3.32. The van der Waals surface area contributed by atoms with E-state index < -0.39 is 0 Å². The molecule has 0 aliphatic carbocycles. The third-order valence-corrected chi connectivity index (χ3v) is 3.32. The topological polar surface area (TPSA) is 29.1 Å². The van der Waals surface area contributed by atoms with Crippen LogP contribution in [0.5, 0.6) is 0 Å². The van der Waals surface area contributed by atoms with Gasteiger partial charge in [-0.3, -0.25) is 4.79 Å². The lowest BCUT2D eigenvalue weighted by atomic mass is 10.0. The molecule has 0 radical (unpaired) electrons. The Bertz CT molecular complexity index is 531. The number of hydrogen-bond acceptors (Lipinski definition) is 1. The first-order valence-electron chi connectivity index (χ1n) is 6.65. The van der Waals surface area contributed by atoms with E-state index in [0.717, 1.165) is 17.7 Å². The molecule has 0 aliphatic heterocycles. The van der Waals surface area contributed by atoms with Crippen molar-refractivity contribution in [1.82, 2.24) is 0 Å². The summed E-state index contributed by atoms with van der Waals surface area (Å²) in [6, 6.07) is 17.8. The molecule has 19 heavy (non-hydrogen) atoms. The molecule has 0 saturated heterocycles. The monoisotopic (exact) mass is 253 g/mol. The summed E-state index contributed by atoms with van der Waals surface area (Å²) < 4.78 is 0. The molecule has 2 aromatic carbocycles. The number of rotatable bonds is 4. The van der Waals surface area contributed by atoms with E-state index in [1.54, 1.807) is 0 Å². The lowest BCUT2D eigenvalue weighted by Gasteiger charge is -2.12. The summed E-state index contributed by atoms with van der Waals surface area (Å²) in [6.45, 7) is 4.04. The van der Waals surface area contributed by atoms with Crippen molar-refractivity contribution in [2.45, 2.75) is 26.2 Å². The predicted octanol–water partition coefficient (Wildman–Crippen LogP) is 3.99. The standard InChI is InChI=1S/C17H19NO/c1-3-14-9-11-16(12-10-14)18-17(19)13(2)15-7-5-4-6-8-15/h4-13H,3H2,1-2H3,(H,18,19)/t13-/m1/s1. The smallest absolute Gasteiger partial charge is 0.231 e. The number of hydrogen-bond donors (Lipinski definition) is 1. The van der Waals surface area contributed by atoms with Crippen molar-refractivity contribution in [3.05, 3.63) is 65.7 Å². The average molecular weight is 253 g/mol. The van der Waals surface area contributed by atoms with Crippen LogP contribution in [-0.2, 0) is 11.2 Å². The number of benzene rings is 2. The second-order valence-electron chi connectivity index (χ2n) is 4.67. The molecule has 0 fully saturated rings. The normalized spacial score (nSPS) is 11.9. The van der Waals surface area contributed by atoms with Crippen LogP contribution in [0, 0.1) is 0 Å². The van der Waals surface area contributed by atoms with Crippen molar-refractivity contribution < 1.29 is 4.79 Å². The Labute approximate surface area is 114 Å². The number of carbonyl (C=O) groups excluding carboxylic acids is 1. The molecule has 0 aromatic heterocycles. The minimum Gasteiger partial charge on any atom is -0.326 e. The largest absolute Gasteiger partial charge is 0.326 e. The van der Waals surface area contributed by atoms with Gasteiger partial charge in [0.05, 0.1) is 5.92 Å². The minimum absolute atomic E-state index is 0.0236. The van der Waals surface area contributed by atoms with Gasteiger partial charge in [-0.2, -0.15) is 0 Å². The summed E-state index contributed by atoms with van der Waals surface area (Å²) >= 11 is 0. The zero-order valence-corrected chi connectivity index (χ0v) is 11.4. The zero-order valence-electron chi connectivity index (χ0n) is 11.4. The van der Waals surface area contributed by atoms with Crippen LogP contribution in [0.4, 0.5) is 5.69 Å². The quantitative estimate of drug-likeness (QED) is 0.877. The maximum atomic E-state index is 12.2. The molecule has 1 N–H and O–H groups in total. The Morgan fingerprint density at radius 2 is 1.68 bits per heavy atom. The van der Waals surface area contributed by atoms with E-state index in [-0.39, 0.29) is 11.8 Å². The molecule has 2 nitrogen and oxygen atoms in total. The van der Waals surface area contributed by atoms with Crippen molar-refractivity contribution >= 4 is 11.6 Å². The maximum absolute atomic E-state index is 12.2. The van der Waals surface area contributed by atoms with Gasteiger partial charge in [-0.1, -0.05) is 49.4 Å². The molecule has 0 spiro atoms. The summed E-state index contributed by atoms with van der Waals surface area (Å²) in [5.74, 6) is -0.123. The predicted molar refractivity (Wildman–Crippen MR) is 79.3 cm³/mol. The van der Waals surface area contributed by atoms with Crippen molar-refractivity contribution in [3.8, 4) is 0 Å². The third kappa shape index (κ3) is 3.44. The SMILES string of the molecule is CCc1ccc(NC(=O)[C@H](C)c2ccccc2)cc1. The highest BCUT2D eigenvalue weighted by molar-refractivity contribution is 5.95. The molecule has 0 bridgehead atoms. The lowest BCUT2D eigenvalue weighted by Crippen LogP contribution is -2.18. The minimum atomic E-state index is -0.146. The number of carbonyl (C=O) groups is 1. The molecule has 0 saturated carbocycles. The molecule has 0 aliphatic rings. The van der Waals surface area contributed by atoms with E-state index >= 15 is 0 Å². The van der Waals surface area contributed by atoms with Crippen LogP contribution in [0.3, 0.4) is 0 Å². The molecule has 2 heteroatoms. The van der Waals surface area contributed by atoms with Crippen molar-refractivity contribution in [1.29, 1.82) is 0 Å². The number of aryl methyl sites for hydroxylation is 1. The van der Waals surface area contributed by atoms with Crippen LogP contribution in [0.15, 0.2) is 54.6 Å². The van der Waals surface area contributed by atoms with E-state index in [9.17, 15) is 4.79 Å². The lowest BCUT2D eigenvalue weighted by molar-refractivity contribution is -0.117. The summed E-state index contributed by atoms with van der Waals surface area (Å²) in [7, 11) is 0. The molecule has 0 heterocycles. The van der Waals surface area contributed by atoms with Crippen LogP contribution >= 0.6 is 0 Å². The fraction of sp³-hybridized carbons (Fsp3) is 0.235. The number of nitrogens with one attached hydrogen (secondary N) is 1. The van der Waals surface area contributed by atoms with Gasteiger partial charge in [0.15, 0.2) is 0 Å². The van der Waals surface area contributed by atoms with Crippen molar-refractivity contribution in [3.63, 3.8) is 0 Å². The second kappa shape index (κ2) is 6.19. The molecular weight excluding hydrogens is 234 g/mol. The van der Waals surface area contributed by atoms with E-state index in [4.69, 9.17) is 0 Å². The van der Waals surface area contributed by atoms with Crippen LogP contribution in [-0.4, -0.2) is 5.91 Å². The summed E-state index contributed by atoms with van der Waals surface area (Å²) in [5, 5.41) is 2.95. The summed E-state index contributed by atoms with van der Waals surface area (Å²) in [6.07, 6.45) is 1.01. The highest BCUT2D eigenvalue weighted by Gasteiger charge is 2.14. The van der Waals surface area contributed by atoms with Gasteiger partial charge in [-0.05, 0) is 36.6 Å². The molecule has 2 aromatic rings. The van der Waals surface area contributed by atoms with Gasteiger partial charge in [0, 0.05) is 5.69 Å². The zero-order chi connectivity index (χ0) is 13.7. The van der Waals surface area contributed by atoms with Crippen LogP contribution in [0.2, 0.25) is 0 Å². The average Bonchev–Trinajstić information content (AvgIpc) is 2.48. The number of anilines is 1. The van der Waals surface area contributed by atoms with Crippen LogP contribution in [0.1, 0.15) is 30.9 Å². The first-order valence-corrected chi connectivity index (χ1v) is 6.65. The van der Waals surface area contributed by atoms with E-state index in [1.165, 1.54) is 5.56 Å². The summed E-state index contributed by atoms with van der Waals surface area (Å²) in [4.78, 5) is 12.2. The van der Waals surface area contributed by atoms with Crippen molar-refractivity contribution in [2.75, 3.05) is 5.32 Å².